The summed E-state index contributed by atoms with van der Waals surface area (Å²) in [6, 6.07) is 8.66. The molecule has 1 aromatic carbocycles. The lowest BCUT2D eigenvalue weighted by Gasteiger charge is -2.28. The number of nitrogens with two attached hydrogens (primary N) is 1. The van der Waals surface area contributed by atoms with Crippen molar-refractivity contribution < 1.29 is 0 Å². The molecule has 1 aromatic heterocycles. The first kappa shape index (κ1) is 14.7. The molecule has 23 heavy (non-hydrogen) atoms. The van der Waals surface area contributed by atoms with Gasteiger partial charge in [0.05, 0.1) is 11.7 Å². The van der Waals surface area contributed by atoms with Crippen LogP contribution >= 0.6 is 0 Å². The summed E-state index contributed by atoms with van der Waals surface area (Å²) in [7, 11) is 2.19. The molecule has 5 nitrogen and oxygen atoms in total. The van der Waals surface area contributed by atoms with Crippen LogP contribution in [0.3, 0.4) is 0 Å². The lowest BCUT2D eigenvalue weighted by Crippen LogP contribution is -2.32. The molecule has 3 N–H and O–H groups in total. The fourth-order valence-electron chi connectivity index (χ4n) is 3.85. The largest absolute Gasteiger partial charge is 0.399 e. The minimum atomic E-state index is 0.531. The van der Waals surface area contributed by atoms with Gasteiger partial charge in [-0.15, -0.1) is 0 Å². The Kier molecular flexibility index (Phi) is 3.83. The van der Waals surface area contributed by atoms with Crippen LogP contribution in [0.15, 0.2) is 24.3 Å². The molecule has 2 aromatic rings. The van der Waals surface area contributed by atoms with Crippen LogP contribution in [0.25, 0.3) is 11.3 Å². The Bertz CT molecular complexity index is 699. The summed E-state index contributed by atoms with van der Waals surface area (Å²) in [4.78, 5) is 2.38. The molecule has 0 atom stereocenters. The molecule has 5 heteroatoms. The topological polar surface area (TPSA) is 59.1 Å². The second-order valence-electron chi connectivity index (χ2n) is 6.81. The van der Waals surface area contributed by atoms with Crippen LogP contribution in [-0.2, 0) is 13.0 Å². The van der Waals surface area contributed by atoms with Crippen LogP contribution in [0, 0.1) is 0 Å². The Morgan fingerprint density at radius 1 is 1.26 bits per heavy atom. The Hall–Kier alpha value is -1.85. The van der Waals surface area contributed by atoms with Gasteiger partial charge in [-0.2, -0.15) is 5.10 Å². The molecular formula is C18H25N5. The highest BCUT2D eigenvalue weighted by atomic mass is 15.3. The molecule has 2 aliphatic heterocycles. The number of hydrogen-bond donors (Lipinski definition) is 2. The van der Waals surface area contributed by atoms with Crippen molar-refractivity contribution in [3.63, 3.8) is 0 Å². The average molecular weight is 311 g/mol. The number of nitrogen functional groups attached to an aromatic ring is 1. The summed E-state index contributed by atoms with van der Waals surface area (Å²) in [6.45, 7) is 4.27. The van der Waals surface area contributed by atoms with E-state index in [2.05, 4.69) is 28.0 Å². The third kappa shape index (κ3) is 2.75. The molecule has 0 radical (unpaired) electrons. The quantitative estimate of drug-likeness (QED) is 0.833. The van der Waals surface area contributed by atoms with Crippen molar-refractivity contribution >= 4 is 5.69 Å². The number of anilines is 1. The molecule has 0 amide bonds. The summed E-state index contributed by atoms with van der Waals surface area (Å²) in [5, 5.41) is 8.52. The predicted molar refractivity (Wildman–Crippen MR) is 93.3 cm³/mol. The Morgan fingerprint density at radius 3 is 2.87 bits per heavy atom. The molecule has 0 saturated carbocycles. The second kappa shape index (κ2) is 5.98. The highest BCUT2D eigenvalue weighted by molar-refractivity contribution is 5.68. The van der Waals surface area contributed by atoms with E-state index in [0.29, 0.717) is 6.04 Å². The van der Waals surface area contributed by atoms with E-state index in [-0.39, 0.29) is 0 Å². The van der Waals surface area contributed by atoms with Gasteiger partial charge in [-0.25, -0.2) is 0 Å². The first-order valence-electron chi connectivity index (χ1n) is 8.58. The van der Waals surface area contributed by atoms with Crippen molar-refractivity contribution in [2.75, 3.05) is 32.4 Å². The van der Waals surface area contributed by atoms with Crippen LogP contribution < -0.4 is 11.1 Å². The van der Waals surface area contributed by atoms with Crippen molar-refractivity contribution in [3.05, 3.63) is 35.5 Å². The average Bonchev–Trinajstić information content (AvgIpc) is 2.94. The summed E-state index contributed by atoms with van der Waals surface area (Å²) in [5.41, 5.74) is 11.9. The Morgan fingerprint density at radius 2 is 2.09 bits per heavy atom. The molecule has 0 spiro atoms. The zero-order valence-electron chi connectivity index (χ0n) is 13.8. The lowest BCUT2D eigenvalue weighted by atomic mass is 10.00. The van der Waals surface area contributed by atoms with Gasteiger partial charge in [0.25, 0.3) is 0 Å². The summed E-state index contributed by atoms with van der Waals surface area (Å²) >= 11 is 0. The van der Waals surface area contributed by atoms with Crippen molar-refractivity contribution in [2.24, 2.45) is 0 Å². The van der Waals surface area contributed by atoms with Crippen LogP contribution in [0.2, 0.25) is 0 Å². The van der Waals surface area contributed by atoms with Gasteiger partial charge in [-0.05, 0) is 45.1 Å². The van der Waals surface area contributed by atoms with Gasteiger partial charge in [0, 0.05) is 42.0 Å². The molecule has 0 unspecified atom stereocenters. The van der Waals surface area contributed by atoms with Gasteiger partial charge in [0.15, 0.2) is 0 Å². The molecule has 122 valence electrons. The number of nitrogens with zero attached hydrogens (tertiary/aromatic N) is 3. The molecule has 0 aliphatic carbocycles. The summed E-state index contributed by atoms with van der Waals surface area (Å²) < 4.78 is 2.34. The highest BCUT2D eigenvalue weighted by Gasteiger charge is 2.27. The summed E-state index contributed by atoms with van der Waals surface area (Å²) in [5.74, 6) is 0. The van der Waals surface area contributed by atoms with Gasteiger partial charge in [-0.1, -0.05) is 12.1 Å². The minimum Gasteiger partial charge on any atom is -0.399 e. The maximum atomic E-state index is 6.00. The standard InChI is InChI=1S/C18H25N5/c1-22-10-7-17-16(12-22)18(13-3-2-4-14(19)11-13)21-23(17)15-5-8-20-9-6-15/h2-4,11,15,20H,5-10,12,19H2,1H3. The zero-order valence-corrected chi connectivity index (χ0v) is 13.8. The Balaban J connectivity index is 1.80. The second-order valence-corrected chi connectivity index (χ2v) is 6.81. The molecule has 2 aliphatic rings. The first-order valence-corrected chi connectivity index (χ1v) is 8.58. The number of likely N-dealkylation sites (N-methyl/N-ethyl adjacent to an activating group) is 1. The third-order valence-electron chi connectivity index (χ3n) is 5.09. The monoisotopic (exact) mass is 311 g/mol. The molecule has 0 bridgehead atoms. The number of rotatable bonds is 2. The fraction of sp³-hybridized carbons (Fsp3) is 0.500. The minimum absolute atomic E-state index is 0.531. The van der Waals surface area contributed by atoms with Gasteiger partial charge < -0.3 is 16.0 Å². The fourth-order valence-corrected chi connectivity index (χ4v) is 3.85. The van der Waals surface area contributed by atoms with Crippen molar-refractivity contribution in [1.29, 1.82) is 0 Å². The van der Waals surface area contributed by atoms with E-state index in [0.717, 1.165) is 49.5 Å². The molecule has 1 fully saturated rings. The predicted octanol–water partition coefficient (Wildman–Crippen LogP) is 2.04. The zero-order chi connectivity index (χ0) is 15.8. The van der Waals surface area contributed by atoms with Crippen molar-refractivity contribution in [1.82, 2.24) is 20.0 Å². The van der Waals surface area contributed by atoms with Gasteiger partial charge in [0.1, 0.15) is 0 Å². The van der Waals surface area contributed by atoms with E-state index in [4.69, 9.17) is 10.8 Å². The SMILES string of the molecule is CN1CCc2c(c(-c3cccc(N)c3)nn2C2CCNCC2)C1. The lowest BCUT2D eigenvalue weighted by molar-refractivity contribution is 0.291. The van der Waals surface area contributed by atoms with Crippen LogP contribution in [0.1, 0.15) is 30.1 Å². The van der Waals surface area contributed by atoms with E-state index in [9.17, 15) is 0 Å². The van der Waals surface area contributed by atoms with E-state index < -0.39 is 0 Å². The number of benzene rings is 1. The number of nitrogens with one attached hydrogen (secondary N) is 1. The normalized spacial score (nSPS) is 19.7. The van der Waals surface area contributed by atoms with Crippen LogP contribution in [0.4, 0.5) is 5.69 Å². The number of piperidine rings is 1. The van der Waals surface area contributed by atoms with Crippen molar-refractivity contribution in [2.45, 2.75) is 31.8 Å². The molecule has 3 heterocycles. The first-order chi connectivity index (χ1) is 11.2. The smallest absolute Gasteiger partial charge is 0.0972 e. The van der Waals surface area contributed by atoms with E-state index in [1.54, 1.807) is 0 Å². The highest BCUT2D eigenvalue weighted by Crippen LogP contribution is 2.33. The Labute approximate surface area is 137 Å². The number of hydrogen-bond acceptors (Lipinski definition) is 4. The van der Waals surface area contributed by atoms with Crippen LogP contribution in [-0.4, -0.2) is 41.4 Å². The number of aromatic nitrogens is 2. The number of fused-ring (bicyclic) bond motifs is 1. The summed E-state index contributed by atoms with van der Waals surface area (Å²) in [6.07, 6.45) is 3.42. The maximum Gasteiger partial charge on any atom is 0.0972 e. The third-order valence-corrected chi connectivity index (χ3v) is 5.09. The molecule has 1 saturated heterocycles. The molecular weight excluding hydrogens is 286 g/mol. The maximum absolute atomic E-state index is 6.00. The van der Waals surface area contributed by atoms with Crippen molar-refractivity contribution in [3.8, 4) is 11.3 Å². The van der Waals surface area contributed by atoms with E-state index in [1.165, 1.54) is 24.1 Å². The molecule has 4 rings (SSSR count). The van der Waals surface area contributed by atoms with Crippen LogP contribution in [0.5, 0.6) is 0 Å². The van der Waals surface area contributed by atoms with Gasteiger partial charge >= 0.3 is 0 Å². The van der Waals surface area contributed by atoms with E-state index >= 15 is 0 Å². The van der Waals surface area contributed by atoms with E-state index in [1.807, 2.05) is 18.2 Å². The van der Waals surface area contributed by atoms with Gasteiger partial charge in [0.2, 0.25) is 0 Å². The van der Waals surface area contributed by atoms with Gasteiger partial charge in [-0.3, -0.25) is 4.68 Å².